The van der Waals surface area contributed by atoms with Gasteiger partial charge >= 0.3 is 5.97 Å². The first-order chi connectivity index (χ1) is 9.29. The van der Waals surface area contributed by atoms with Gasteiger partial charge in [0.25, 0.3) is 0 Å². The van der Waals surface area contributed by atoms with Crippen LogP contribution in [0.3, 0.4) is 0 Å². The molecule has 0 heterocycles. The summed E-state index contributed by atoms with van der Waals surface area (Å²) in [5.41, 5.74) is 0. The van der Waals surface area contributed by atoms with Gasteiger partial charge in [-0.2, -0.15) is 5.26 Å². The van der Waals surface area contributed by atoms with E-state index in [0.717, 1.165) is 0 Å². The molecule has 0 unspecified atom stereocenters. The van der Waals surface area contributed by atoms with E-state index < -0.39 is 24.0 Å². The second-order valence-electron chi connectivity index (χ2n) is 4.87. The Labute approximate surface area is 118 Å². The number of unbranched alkanes of at least 4 members (excludes halogenated alkanes) is 1. The molecule has 0 spiro atoms. The Kier molecular flexibility index (Phi) is 7.97. The summed E-state index contributed by atoms with van der Waals surface area (Å²) in [5, 5.41) is 22.4. The first kappa shape index (κ1) is 17.9. The lowest BCUT2D eigenvalue weighted by Gasteiger charge is -2.23. The number of hydrogen-bond donors (Lipinski definition) is 3. The van der Waals surface area contributed by atoms with Gasteiger partial charge in [-0.3, -0.25) is 9.59 Å². The van der Waals surface area contributed by atoms with E-state index >= 15 is 0 Å². The minimum Gasteiger partial charge on any atom is -0.480 e. The van der Waals surface area contributed by atoms with Crippen LogP contribution in [0, 0.1) is 17.2 Å². The number of rotatable bonds is 8. The summed E-state index contributed by atoms with van der Waals surface area (Å²) in [6.45, 7) is 4.81. The second kappa shape index (κ2) is 8.91. The van der Waals surface area contributed by atoms with Crippen molar-refractivity contribution in [2.75, 3.05) is 0 Å². The monoisotopic (exact) mass is 283 g/mol. The highest BCUT2D eigenvalue weighted by Crippen LogP contribution is 2.05. The first-order valence-corrected chi connectivity index (χ1v) is 6.46. The molecule has 0 radical (unpaired) electrons. The summed E-state index contributed by atoms with van der Waals surface area (Å²) in [4.78, 5) is 34.1. The average Bonchev–Trinajstić information content (AvgIpc) is 2.33. The number of nitriles is 1. The predicted octanol–water partition coefficient (Wildman–Crippen LogP) is 0.410. The lowest BCUT2D eigenvalue weighted by Crippen LogP contribution is -2.53. The van der Waals surface area contributed by atoms with Gasteiger partial charge in [0.1, 0.15) is 12.1 Å². The van der Waals surface area contributed by atoms with E-state index in [2.05, 4.69) is 10.6 Å². The molecule has 7 nitrogen and oxygen atoms in total. The van der Waals surface area contributed by atoms with Gasteiger partial charge in [0, 0.05) is 13.3 Å². The summed E-state index contributed by atoms with van der Waals surface area (Å²) < 4.78 is 0. The SMILES string of the molecule is CC(=O)N[C@@H](C(=O)N[C@@H](CCCC#N)C(=O)O)C(C)C. The Balaban J connectivity index is 4.66. The van der Waals surface area contributed by atoms with Crippen LogP contribution in [-0.4, -0.2) is 35.0 Å². The number of carboxylic acid groups (broad SMARTS) is 1. The number of nitrogens with one attached hydrogen (secondary N) is 2. The van der Waals surface area contributed by atoms with Gasteiger partial charge in [-0.15, -0.1) is 0 Å². The number of hydrogen-bond acceptors (Lipinski definition) is 4. The van der Waals surface area contributed by atoms with Crippen LogP contribution in [0.1, 0.15) is 40.0 Å². The molecule has 0 saturated carbocycles. The fraction of sp³-hybridized carbons (Fsp3) is 0.692. The zero-order valence-corrected chi connectivity index (χ0v) is 12.0. The molecule has 0 aliphatic carbocycles. The van der Waals surface area contributed by atoms with E-state index in [1.165, 1.54) is 6.92 Å². The van der Waals surface area contributed by atoms with Crippen molar-refractivity contribution < 1.29 is 19.5 Å². The van der Waals surface area contributed by atoms with Crippen LogP contribution in [0.25, 0.3) is 0 Å². The highest BCUT2D eigenvalue weighted by Gasteiger charge is 2.27. The quantitative estimate of drug-likeness (QED) is 0.557. The van der Waals surface area contributed by atoms with Crippen LogP contribution in [0.15, 0.2) is 0 Å². The molecule has 2 amide bonds. The zero-order chi connectivity index (χ0) is 15.7. The van der Waals surface area contributed by atoms with Crippen LogP contribution < -0.4 is 10.6 Å². The molecule has 0 saturated heterocycles. The highest BCUT2D eigenvalue weighted by atomic mass is 16.4. The van der Waals surface area contributed by atoms with Crippen LogP contribution in [0.2, 0.25) is 0 Å². The maximum absolute atomic E-state index is 12.0. The summed E-state index contributed by atoms with van der Waals surface area (Å²) >= 11 is 0. The van der Waals surface area contributed by atoms with E-state index in [0.29, 0.717) is 6.42 Å². The van der Waals surface area contributed by atoms with Crippen molar-refractivity contribution in [1.29, 1.82) is 5.26 Å². The molecule has 0 aliphatic rings. The number of aliphatic carboxylic acids is 1. The Morgan fingerprint density at radius 2 is 1.85 bits per heavy atom. The molecule has 0 aromatic rings. The topological polar surface area (TPSA) is 119 Å². The van der Waals surface area contributed by atoms with Crippen molar-refractivity contribution >= 4 is 17.8 Å². The summed E-state index contributed by atoms with van der Waals surface area (Å²) in [6.07, 6.45) is 0.804. The maximum Gasteiger partial charge on any atom is 0.326 e. The van der Waals surface area contributed by atoms with Crippen LogP contribution in [-0.2, 0) is 14.4 Å². The second-order valence-corrected chi connectivity index (χ2v) is 4.87. The van der Waals surface area contributed by atoms with Crippen LogP contribution >= 0.6 is 0 Å². The third-order valence-electron chi connectivity index (χ3n) is 2.70. The van der Waals surface area contributed by atoms with E-state index in [-0.39, 0.29) is 24.7 Å². The molecule has 0 aromatic heterocycles. The highest BCUT2D eigenvalue weighted by molar-refractivity contribution is 5.90. The smallest absolute Gasteiger partial charge is 0.326 e. The van der Waals surface area contributed by atoms with Crippen molar-refractivity contribution in [3.63, 3.8) is 0 Å². The number of amides is 2. The van der Waals surface area contributed by atoms with Crippen LogP contribution in [0.4, 0.5) is 0 Å². The van der Waals surface area contributed by atoms with Crippen molar-refractivity contribution in [3.05, 3.63) is 0 Å². The molecule has 20 heavy (non-hydrogen) atoms. The van der Waals surface area contributed by atoms with Gasteiger partial charge in [0.2, 0.25) is 11.8 Å². The summed E-state index contributed by atoms with van der Waals surface area (Å²) in [7, 11) is 0. The normalized spacial score (nSPS) is 13.2. The molecule has 112 valence electrons. The van der Waals surface area contributed by atoms with Crippen molar-refractivity contribution in [2.45, 2.75) is 52.1 Å². The molecule has 7 heteroatoms. The Bertz CT molecular complexity index is 401. The minimum absolute atomic E-state index is 0.160. The van der Waals surface area contributed by atoms with Gasteiger partial charge in [-0.1, -0.05) is 13.8 Å². The van der Waals surface area contributed by atoms with Gasteiger partial charge in [0.05, 0.1) is 6.07 Å². The van der Waals surface area contributed by atoms with E-state index in [1.54, 1.807) is 13.8 Å². The summed E-state index contributed by atoms with van der Waals surface area (Å²) in [5.74, 6) is -2.19. The van der Waals surface area contributed by atoms with Gasteiger partial charge < -0.3 is 15.7 Å². The fourth-order valence-electron chi connectivity index (χ4n) is 1.66. The maximum atomic E-state index is 12.0. The molecule has 0 aliphatic heterocycles. The van der Waals surface area contributed by atoms with E-state index in [9.17, 15) is 14.4 Å². The fourth-order valence-corrected chi connectivity index (χ4v) is 1.66. The number of carbonyl (C=O) groups excluding carboxylic acids is 2. The average molecular weight is 283 g/mol. The molecule has 3 N–H and O–H groups in total. The van der Waals surface area contributed by atoms with E-state index in [1.807, 2.05) is 6.07 Å². The Morgan fingerprint density at radius 1 is 1.25 bits per heavy atom. The Hall–Kier alpha value is -2.10. The Morgan fingerprint density at radius 3 is 2.25 bits per heavy atom. The third kappa shape index (κ3) is 6.73. The van der Waals surface area contributed by atoms with Crippen molar-refractivity contribution in [3.8, 4) is 6.07 Å². The standard InChI is InChI=1S/C13H21N3O4/c1-8(2)11(15-9(3)17)12(18)16-10(13(19)20)6-4-5-7-14/h8,10-11H,4-6H2,1-3H3,(H,15,17)(H,16,18)(H,19,20)/t10-,11+/m0/s1. The molecular weight excluding hydrogens is 262 g/mol. The number of nitrogens with zero attached hydrogens (tertiary/aromatic N) is 1. The third-order valence-corrected chi connectivity index (χ3v) is 2.70. The first-order valence-electron chi connectivity index (χ1n) is 6.46. The molecule has 0 bridgehead atoms. The predicted molar refractivity (Wildman–Crippen MR) is 71.5 cm³/mol. The minimum atomic E-state index is -1.15. The number of carboxylic acids is 1. The molecule has 0 rings (SSSR count). The molecule has 0 aromatic carbocycles. The lowest BCUT2D eigenvalue weighted by atomic mass is 10.0. The van der Waals surface area contributed by atoms with Crippen LogP contribution in [0.5, 0.6) is 0 Å². The number of carbonyl (C=O) groups is 3. The molecule has 0 fully saturated rings. The summed E-state index contributed by atoms with van der Waals surface area (Å²) in [6, 6.07) is 0.0968. The van der Waals surface area contributed by atoms with E-state index in [4.69, 9.17) is 10.4 Å². The van der Waals surface area contributed by atoms with Gasteiger partial charge in [0.15, 0.2) is 0 Å². The zero-order valence-electron chi connectivity index (χ0n) is 12.0. The van der Waals surface area contributed by atoms with Gasteiger partial charge in [-0.25, -0.2) is 4.79 Å². The van der Waals surface area contributed by atoms with Gasteiger partial charge in [-0.05, 0) is 18.8 Å². The van der Waals surface area contributed by atoms with Crippen molar-refractivity contribution in [2.24, 2.45) is 5.92 Å². The largest absolute Gasteiger partial charge is 0.480 e. The molecular formula is C13H21N3O4. The molecule has 2 atom stereocenters. The van der Waals surface area contributed by atoms with Crippen molar-refractivity contribution in [1.82, 2.24) is 10.6 Å². The lowest BCUT2D eigenvalue weighted by molar-refractivity contribution is -0.142.